The van der Waals surface area contributed by atoms with Gasteiger partial charge in [-0.2, -0.15) is 0 Å². The fourth-order valence-electron chi connectivity index (χ4n) is 2.16. The molecule has 21 heavy (non-hydrogen) atoms. The molecule has 1 rings (SSSR count). The minimum absolute atomic E-state index is 0.205. The van der Waals surface area contributed by atoms with Gasteiger partial charge in [-0.1, -0.05) is 44.2 Å². The van der Waals surface area contributed by atoms with Gasteiger partial charge in [0.1, 0.15) is 0 Å². The van der Waals surface area contributed by atoms with Gasteiger partial charge in [-0.3, -0.25) is 9.59 Å². The largest absolute Gasteiger partial charge is 0.480 e. The molecule has 5 heteroatoms. The molecule has 116 valence electrons. The lowest BCUT2D eigenvalue weighted by molar-refractivity contribution is -0.174. The van der Waals surface area contributed by atoms with Crippen LogP contribution in [0.3, 0.4) is 0 Å². The van der Waals surface area contributed by atoms with Gasteiger partial charge in [-0.25, -0.2) is 0 Å². The Kier molecular flexibility index (Phi) is 5.84. The van der Waals surface area contributed by atoms with Crippen LogP contribution >= 0.6 is 11.8 Å². The van der Waals surface area contributed by atoms with Crippen molar-refractivity contribution in [3.63, 3.8) is 0 Å². The molecule has 0 bridgehead atoms. The summed E-state index contributed by atoms with van der Waals surface area (Å²) < 4.78 is 5.62. The average molecular weight is 310 g/mol. The zero-order chi connectivity index (χ0) is 16.1. The SMILES string of the molecule is CCC(CC)(C(=O)O)C(=O)OC(C)(SC)c1ccccc1. The summed E-state index contributed by atoms with van der Waals surface area (Å²) in [6, 6.07) is 9.34. The topological polar surface area (TPSA) is 63.6 Å². The van der Waals surface area contributed by atoms with Crippen molar-refractivity contribution in [2.24, 2.45) is 5.41 Å². The zero-order valence-corrected chi connectivity index (χ0v) is 13.7. The molecule has 0 aliphatic rings. The standard InChI is InChI=1S/C16H22O4S/c1-5-16(6-2,13(17)18)14(19)20-15(3,21-4)12-10-8-7-9-11-12/h7-11H,5-6H2,1-4H3,(H,17,18). The van der Waals surface area contributed by atoms with Gasteiger partial charge in [-0.15, -0.1) is 11.8 Å². The minimum atomic E-state index is -1.48. The van der Waals surface area contributed by atoms with Gasteiger partial charge in [0.2, 0.25) is 0 Å². The van der Waals surface area contributed by atoms with Crippen LogP contribution in [-0.2, 0) is 19.3 Å². The van der Waals surface area contributed by atoms with Crippen molar-refractivity contribution in [1.82, 2.24) is 0 Å². The van der Waals surface area contributed by atoms with Crippen molar-refractivity contribution in [3.8, 4) is 0 Å². The molecule has 0 spiro atoms. The van der Waals surface area contributed by atoms with Crippen LogP contribution in [-0.4, -0.2) is 23.3 Å². The first kappa shape index (κ1) is 17.6. The van der Waals surface area contributed by atoms with Crippen molar-refractivity contribution in [1.29, 1.82) is 0 Å². The lowest BCUT2D eigenvalue weighted by atomic mass is 9.82. The van der Waals surface area contributed by atoms with E-state index < -0.39 is 22.3 Å². The molecule has 0 saturated heterocycles. The predicted octanol–water partition coefficient (Wildman–Crippen LogP) is 3.66. The Morgan fingerprint density at radius 2 is 1.71 bits per heavy atom. The number of esters is 1. The number of carbonyl (C=O) groups excluding carboxylic acids is 1. The molecule has 4 nitrogen and oxygen atoms in total. The van der Waals surface area contributed by atoms with E-state index in [1.807, 2.05) is 36.6 Å². The van der Waals surface area contributed by atoms with Crippen molar-refractivity contribution in [3.05, 3.63) is 35.9 Å². The van der Waals surface area contributed by atoms with E-state index in [1.54, 1.807) is 20.8 Å². The van der Waals surface area contributed by atoms with Crippen LogP contribution < -0.4 is 0 Å². The van der Waals surface area contributed by atoms with Crippen LogP contribution in [0.1, 0.15) is 39.2 Å². The Morgan fingerprint density at radius 1 is 1.19 bits per heavy atom. The second kappa shape index (κ2) is 6.98. The highest BCUT2D eigenvalue weighted by molar-refractivity contribution is 7.99. The molecule has 1 aromatic rings. The number of hydrogen-bond acceptors (Lipinski definition) is 4. The summed E-state index contributed by atoms with van der Waals surface area (Å²) in [5.74, 6) is -1.81. The summed E-state index contributed by atoms with van der Waals surface area (Å²) in [7, 11) is 0. The highest BCUT2D eigenvalue weighted by atomic mass is 32.2. The molecule has 0 aliphatic heterocycles. The van der Waals surface area contributed by atoms with Crippen molar-refractivity contribution in [2.75, 3.05) is 6.26 Å². The number of rotatable bonds is 7. The molecule has 1 aromatic carbocycles. The first-order chi connectivity index (χ1) is 9.86. The number of benzene rings is 1. The average Bonchev–Trinajstić information content (AvgIpc) is 2.49. The summed E-state index contributed by atoms with van der Waals surface area (Å²) in [5.41, 5.74) is -0.650. The van der Waals surface area contributed by atoms with Gasteiger partial charge < -0.3 is 9.84 Å². The summed E-state index contributed by atoms with van der Waals surface area (Å²) in [4.78, 5) is 23.1. The fraction of sp³-hybridized carbons (Fsp3) is 0.500. The van der Waals surface area contributed by atoms with E-state index in [-0.39, 0.29) is 12.8 Å². The lowest BCUT2D eigenvalue weighted by Crippen LogP contribution is -2.42. The highest BCUT2D eigenvalue weighted by Gasteiger charge is 2.47. The van der Waals surface area contributed by atoms with E-state index in [0.717, 1.165) is 5.56 Å². The van der Waals surface area contributed by atoms with Crippen molar-refractivity contribution in [2.45, 2.75) is 38.5 Å². The van der Waals surface area contributed by atoms with Crippen LogP contribution in [0.5, 0.6) is 0 Å². The summed E-state index contributed by atoms with van der Waals surface area (Å²) in [6.45, 7) is 5.17. The number of ether oxygens (including phenoxy) is 1. The lowest BCUT2D eigenvalue weighted by Gasteiger charge is -2.33. The highest BCUT2D eigenvalue weighted by Crippen LogP contribution is 2.39. The first-order valence-corrected chi connectivity index (χ1v) is 8.16. The third-order valence-electron chi connectivity index (χ3n) is 3.98. The second-order valence-corrected chi connectivity index (χ2v) is 6.19. The van der Waals surface area contributed by atoms with Crippen LogP contribution in [0.2, 0.25) is 0 Å². The Bertz CT molecular complexity index is 496. The number of carbonyl (C=O) groups is 2. The molecule has 0 saturated carbocycles. The monoisotopic (exact) mass is 310 g/mol. The molecule has 1 unspecified atom stereocenters. The van der Waals surface area contributed by atoms with Gasteiger partial charge in [0, 0.05) is 5.56 Å². The molecular weight excluding hydrogens is 288 g/mol. The maximum atomic E-state index is 12.5. The molecule has 0 aliphatic carbocycles. The van der Waals surface area contributed by atoms with Crippen molar-refractivity contribution >= 4 is 23.7 Å². The zero-order valence-electron chi connectivity index (χ0n) is 12.9. The van der Waals surface area contributed by atoms with Gasteiger partial charge in [0.25, 0.3) is 0 Å². The summed E-state index contributed by atoms with van der Waals surface area (Å²) in [6.07, 6.45) is 2.24. The van der Waals surface area contributed by atoms with E-state index in [1.165, 1.54) is 11.8 Å². The Hall–Kier alpha value is -1.49. The summed E-state index contributed by atoms with van der Waals surface area (Å²) in [5, 5.41) is 9.43. The van der Waals surface area contributed by atoms with Gasteiger partial charge in [0.15, 0.2) is 10.3 Å². The summed E-state index contributed by atoms with van der Waals surface area (Å²) >= 11 is 1.37. The number of carboxylic acids is 1. The van der Waals surface area contributed by atoms with Crippen molar-refractivity contribution < 1.29 is 19.4 Å². The number of hydrogen-bond donors (Lipinski definition) is 1. The van der Waals surface area contributed by atoms with Gasteiger partial charge in [0.05, 0.1) is 0 Å². The Morgan fingerprint density at radius 3 is 2.10 bits per heavy atom. The van der Waals surface area contributed by atoms with Gasteiger partial charge >= 0.3 is 11.9 Å². The molecule has 0 amide bonds. The van der Waals surface area contributed by atoms with Crippen LogP contribution in [0, 0.1) is 5.41 Å². The van der Waals surface area contributed by atoms with Crippen LogP contribution in [0.15, 0.2) is 30.3 Å². The van der Waals surface area contributed by atoms with E-state index in [0.29, 0.717) is 0 Å². The predicted molar refractivity (Wildman–Crippen MR) is 84.1 cm³/mol. The van der Waals surface area contributed by atoms with E-state index in [4.69, 9.17) is 4.74 Å². The molecule has 0 heterocycles. The van der Waals surface area contributed by atoms with E-state index in [2.05, 4.69) is 0 Å². The normalized spacial score (nSPS) is 14.3. The fourth-order valence-corrected chi connectivity index (χ4v) is 2.69. The molecule has 1 N–H and O–H groups in total. The molecular formula is C16H22O4S. The van der Waals surface area contributed by atoms with Crippen LogP contribution in [0.25, 0.3) is 0 Å². The number of carboxylic acid groups (broad SMARTS) is 1. The Balaban J connectivity index is 3.11. The van der Waals surface area contributed by atoms with Gasteiger partial charge in [-0.05, 0) is 26.0 Å². The molecule has 0 aromatic heterocycles. The van der Waals surface area contributed by atoms with E-state index >= 15 is 0 Å². The third kappa shape index (κ3) is 3.40. The molecule has 1 atom stereocenters. The smallest absolute Gasteiger partial charge is 0.325 e. The van der Waals surface area contributed by atoms with Crippen LogP contribution in [0.4, 0.5) is 0 Å². The third-order valence-corrected chi connectivity index (χ3v) is 5.08. The minimum Gasteiger partial charge on any atom is -0.480 e. The quantitative estimate of drug-likeness (QED) is 0.473. The first-order valence-electron chi connectivity index (χ1n) is 6.93. The maximum Gasteiger partial charge on any atom is 0.325 e. The number of thioether (sulfide) groups is 1. The van der Waals surface area contributed by atoms with E-state index in [9.17, 15) is 14.7 Å². The number of aliphatic carboxylic acids is 1. The molecule has 0 fully saturated rings. The molecule has 0 radical (unpaired) electrons. The Labute approximate surface area is 129 Å². The second-order valence-electron chi connectivity index (χ2n) is 5.00. The maximum absolute atomic E-state index is 12.5.